The molecule has 0 bridgehead atoms. The molecule has 0 unspecified atom stereocenters. The van der Waals surface area contributed by atoms with Crippen LogP contribution in [0.4, 0.5) is 0 Å². The van der Waals surface area contributed by atoms with Gasteiger partial charge in [-0.15, -0.1) is 0 Å². The topological polar surface area (TPSA) is 64.6 Å². The van der Waals surface area contributed by atoms with Crippen molar-refractivity contribution in [2.45, 2.75) is 32.8 Å². The van der Waals surface area contributed by atoms with E-state index in [9.17, 15) is 9.59 Å². The highest BCUT2D eigenvalue weighted by Crippen LogP contribution is 2.07. The van der Waals surface area contributed by atoms with Crippen molar-refractivity contribution in [3.8, 4) is 0 Å². The predicted octanol–water partition coefficient (Wildman–Crippen LogP) is 1.25. The zero-order chi connectivity index (χ0) is 13.3. The first-order chi connectivity index (χ1) is 7.85. The van der Waals surface area contributed by atoms with Crippen molar-refractivity contribution in [2.24, 2.45) is 0 Å². The lowest BCUT2D eigenvalue weighted by molar-refractivity contribution is -0.156. The molecule has 1 N–H and O–H groups in total. The third-order valence-corrected chi connectivity index (χ3v) is 2.07. The Morgan fingerprint density at radius 1 is 1.24 bits per heavy atom. The molecule has 0 atom stereocenters. The van der Waals surface area contributed by atoms with Crippen molar-refractivity contribution in [2.75, 3.05) is 25.1 Å². The summed E-state index contributed by atoms with van der Waals surface area (Å²) < 4.78 is 10.3. The van der Waals surface area contributed by atoms with Crippen molar-refractivity contribution in [1.29, 1.82) is 0 Å². The van der Waals surface area contributed by atoms with Crippen molar-refractivity contribution < 1.29 is 19.1 Å². The van der Waals surface area contributed by atoms with Crippen LogP contribution < -0.4 is 5.32 Å². The molecule has 0 spiro atoms. The fourth-order valence-corrected chi connectivity index (χ4v) is 1.16. The lowest BCUT2D eigenvalue weighted by Gasteiger charge is -2.19. The minimum absolute atomic E-state index is 0.0826. The van der Waals surface area contributed by atoms with Gasteiger partial charge in [0.15, 0.2) is 0 Å². The van der Waals surface area contributed by atoms with E-state index < -0.39 is 5.60 Å². The average molecular weight is 310 g/mol. The summed E-state index contributed by atoms with van der Waals surface area (Å²) in [5.74, 6) is -0.359. The van der Waals surface area contributed by atoms with Gasteiger partial charge in [-0.2, -0.15) is 0 Å². The van der Waals surface area contributed by atoms with Crippen LogP contribution in [0.2, 0.25) is 0 Å². The predicted molar refractivity (Wildman–Crippen MR) is 68.1 cm³/mol. The first-order valence-electron chi connectivity index (χ1n) is 5.47. The van der Waals surface area contributed by atoms with E-state index in [2.05, 4.69) is 21.2 Å². The largest absolute Gasteiger partial charge is 0.460 e. The van der Waals surface area contributed by atoms with Crippen LogP contribution in [0.1, 0.15) is 27.2 Å². The lowest BCUT2D eigenvalue weighted by atomic mass is 10.2. The maximum atomic E-state index is 11.3. The molecule has 17 heavy (non-hydrogen) atoms. The summed E-state index contributed by atoms with van der Waals surface area (Å²) in [6, 6.07) is 0. The Labute approximate surface area is 110 Å². The van der Waals surface area contributed by atoms with Gasteiger partial charge in [0.05, 0.1) is 25.0 Å². The van der Waals surface area contributed by atoms with Gasteiger partial charge in [0.25, 0.3) is 0 Å². The summed E-state index contributed by atoms with van der Waals surface area (Å²) >= 11 is 3.03. The van der Waals surface area contributed by atoms with Crippen molar-refractivity contribution in [1.82, 2.24) is 5.32 Å². The maximum absolute atomic E-state index is 11.3. The zero-order valence-electron chi connectivity index (χ0n) is 10.5. The summed E-state index contributed by atoms with van der Waals surface area (Å²) in [6.07, 6.45) is 0.226. The fourth-order valence-electron chi connectivity index (χ4n) is 0.960. The molecule has 0 saturated heterocycles. The molecule has 0 radical (unpaired) electrons. The van der Waals surface area contributed by atoms with Gasteiger partial charge in [-0.1, -0.05) is 15.9 Å². The highest BCUT2D eigenvalue weighted by atomic mass is 79.9. The Morgan fingerprint density at radius 2 is 1.88 bits per heavy atom. The molecule has 0 saturated carbocycles. The molecule has 100 valence electrons. The minimum Gasteiger partial charge on any atom is -0.460 e. The molecule has 0 aliphatic heterocycles. The smallest absolute Gasteiger partial charge is 0.308 e. The second-order valence-electron chi connectivity index (χ2n) is 4.43. The number of ether oxygens (including phenoxy) is 2. The Kier molecular flexibility index (Phi) is 8.16. The first kappa shape index (κ1) is 16.4. The van der Waals surface area contributed by atoms with Gasteiger partial charge in [-0.05, 0) is 20.8 Å². The number of rotatable bonds is 7. The number of halogens is 1. The summed E-state index contributed by atoms with van der Waals surface area (Å²) in [5, 5.41) is 2.91. The highest BCUT2D eigenvalue weighted by molar-refractivity contribution is 9.09. The number of hydrogen-bond donors (Lipinski definition) is 1. The van der Waals surface area contributed by atoms with E-state index in [0.717, 1.165) is 0 Å². The van der Waals surface area contributed by atoms with Crippen LogP contribution in [-0.4, -0.2) is 42.6 Å². The van der Waals surface area contributed by atoms with Crippen LogP contribution in [-0.2, 0) is 19.1 Å². The van der Waals surface area contributed by atoms with Crippen LogP contribution in [0.25, 0.3) is 0 Å². The van der Waals surface area contributed by atoms with Crippen molar-refractivity contribution in [3.05, 3.63) is 0 Å². The number of amides is 1. The molecule has 5 nitrogen and oxygen atoms in total. The second kappa shape index (κ2) is 8.47. The molecular formula is C11H20BrNO4. The molecule has 0 aromatic rings. The molecular weight excluding hydrogens is 290 g/mol. The van der Waals surface area contributed by atoms with E-state index in [-0.39, 0.29) is 23.6 Å². The van der Waals surface area contributed by atoms with E-state index in [1.807, 2.05) is 20.8 Å². The number of nitrogens with one attached hydrogen (secondary N) is 1. The van der Waals surface area contributed by atoms with Gasteiger partial charge >= 0.3 is 5.97 Å². The van der Waals surface area contributed by atoms with E-state index >= 15 is 0 Å². The SMILES string of the molecule is CC(C)(C)OC(=O)CCOCCNC(=O)CBr. The summed E-state index contributed by atoms with van der Waals surface area (Å²) in [7, 11) is 0. The van der Waals surface area contributed by atoms with E-state index in [4.69, 9.17) is 9.47 Å². The molecule has 0 heterocycles. The fraction of sp³-hybridized carbons (Fsp3) is 0.818. The van der Waals surface area contributed by atoms with Crippen LogP contribution in [0.15, 0.2) is 0 Å². The Balaban J connectivity index is 3.40. The summed E-state index contributed by atoms with van der Waals surface area (Å²) in [4.78, 5) is 22.1. The summed E-state index contributed by atoms with van der Waals surface area (Å²) in [6.45, 7) is 6.60. The monoisotopic (exact) mass is 309 g/mol. The van der Waals surface area contributed by atoms with E-state index in [0.29, 0.717) is 19.8 Å². The zero-order valence-corrected chi connectivity index (χ0v) is 12.1. The van der Waals surface area contributed by atoms with E-state index in [1.54, 1.807) is 0 Å². The van der Waals surface area contributed by atoms with Gasteiger partial charge in [-0.25, -0.2) is 0 Å². The van der Waals surface area contributed by atoms with Crippen molar-refractivity contribution in [3.63, 3.8) is 0 Å². The number of carbonyl (C=O) groups is 2. The maximum Gasteiger partial charge on any atom is 0.308 e. The van der Waals surface area contributed by atoms with Crippen LogP contribution >= 0.6 is 15.9 Å². The Hall–Kier alpha value is -0.620. The third kappa shape index (κ3) is 11.6. The Bertz CT molecular complexity index is 250. The number of esters is 1. The number of alkyl halides is 1. The van der Waals surface area contributed by atoms with Crippen LogP contribution in [0.3, 0.4) is 0 Å². The number of carbonyl (C=O) groups excluding carboxylic acids is 2. The van der Waals surface area contributed by atoms with Crippen LogP contribution in [0, 0.1) is 0 Å². The second-order valence-corrected chi connectivity index (χ2v) is 4.99. The molecule has 0 fully saturated rings. The van der Waals surface area contributed by atoms with Gasteiger partial charge in [0.1, 0.15) is 5.60 Å². The lowest BCUT2D eigenvalue weighted by Crippen LogP contribution is -2.28. The quantitative estimate of drug-likeness (QED) is 0.437. The van der Waals surface area contributed by atoms with Gasteiger partial charge < -0.3 is 14.8 Å². The molecule has 1 amide bonds. The Morgan fingerprint density at radius 3 is 2.41 bits per heavy atom. The molecule has 0 aliphatic rings. The molecule has 0 aromatic carbocycles. The molecule has 0 rings (SSSR count). The third-order valence-electron chi connectivity index (χ3n) is 1.56. The molecule has 0 aliphatic carbocycles. The minimum atomic E-state index is -0.457. The van der Waals surface area contributed by atoms with Gasteiger partial charge in [0, 0.05) is 6.54 Å². The van der Waals surface area contributed by atoms with Crippen molar-refractivity contribution >= 4 is 27.8 Å². The first-order valence-corrected chi connectivity index (χ1v) is 6.59. The molecule has 6 heteroatoms. The standard InChI is InChI=1S/C11H20BrNO4/c1-11(2,3)17-10(15)4-6-16-7-5-13-9(14)8-12/h4-8H2,1-3H3,(H,13,14). The van der Waals surface area contributed by atoms with E-state index in [1.165, 1.54) is 0 Å². The molecule has 0 aromatic heterocycles. The van der Waals surface area contributed by atoms with Gasteiger partial charge in [-0.3, -0.25) is 9.59 Å². The average Bonchev–Trinajstić information content (AvgIpc) is 2.20. The van der Waals surface area contributed by atoms with Gasteiger partial charge in [0.2, 0.25) is 5.91 Å². The summed E-state index contributed by atoms with van der Waals surface area (Å²) in [5.41, 5.74) is -0.457. The normalized spacial score (nSPS) is 11.1. The highest BCUT2D eigenvalue weighted by Gasteiger charge is 2.15. The number of hydrogen-bond acceptors (Lipinski definition) is 4. The van der Waals surface area contributed by atoms with Crippen LogP contribution in [0.5, 0.6) is 0 Å².